The van der Waals surface area contributed by atoms with Gasteiger partial charge in [0.2, 0.25) is 0 Å². The van der Waals surface area contributed by atoms with Crippen molar-refractivity contribution in [3.05, 3.63) is 68.7 Å². The van der Waals surface area contributed by atoms with Gasteiger partial charge in [-0.25, -0.2) is 0 Å². The van der Waals surface area contributed by atoms with Crippen LogP contribution in [0.25, 0.3) is 0 Å². The molecule has 0 saturated carbocycles. The standard InChI is InChI=1S/C17H19BrO/c1-11-7-12(2)9-14(8-11)10-16(19)15-6-4-5-13(3)17(15)18/h4-9,16,19H,10H2,1-3H3. The lowest BCUT2D eigenvalue weighted by atomic mass is 9.98. The molecule has 2 aromatic rings. The highest BCUT2D eigenvalue weighted by atomic mass is 79.9. The number of rotatable bonds is 3. The molecule has 0 heterocycles. The van der Waals surface area contributed by atoms with Crippen molar-refractivity contribution >= 4 is 15.9 Å². The lowest BCUT2D eigenvalue weighted by molar-refractivity contribution is 0.177. The third kappa shape index (κ3) is 3.46. The molecule has 0 aliphatic carbocycles. The molecule has 19 heavy (non-hydrogen) atoms. The molecule has 2 aromatic carbocycles. The monoisotopic (exact) mass is 318 g/mol. The molecular formula is C17H19BrO. The Bertz CT molecular complexity index is 570. The van der Waals surface area contributed by atoms with Gasteiger partial charge < -0.3 is 5.11 Å². The van der Waals surface area contributed by atoms with Crippen molar-refractivity contribution in [3.8, 4) is 0 Å². The van der Waals surface area contributed by atoms with Gasteiger partial charge in [-0.1, -0.05) is 63.5 Å². The highest BCUT2D eigenvalue weighted by Crippen LogP contribution is 2.29. The quantitative estimate of drug-likeness (QED) is 0.873. The van der Waals surface area contributed by atoms with Crippen LogP contribution in [-0.2, 0) is 6.42 Å². The highest BCUT2D eigenvalue weighted by Gasteiger charge is 2.13. The molecule has 1 N–H and O–H groups in total. The molecule has 0 amide bonds. The summed E-state index contributed by atoms with van der Waals surface area (Å²) in [7, 11) is 0. The van der Waals surface area contributed by atoms with Crippen LogP contribution in [-0.4, -0.2) is 5.11 Å². The predicted octanol–water partition coefficient (Wildman–Crippen LogP) is 4.65. The molecule has 0 radical (unpaired) electrons. The van der Waals surface area contributed by atoms with Crippen LogP contribution < -0.4 is 0 Å². The Morgan fingerprint density at radius 2 is 1.68 bits per heavy atom. The second-order valence-electron chi connectivity index (χ2n) is 5.19. The van der Waals surface area contributed by atoms with E-state index in [0.717, 1.165) is 15.6 Å². The normalized spacial score (nSPS) is 12.5. The lowest BCUT2D eigenvalue weighted by Crippen LogP contribution is -2.04. The minimum absolute atomic E-state index is 0.476. The first-order chi connectivity index (χ1) is 8.97. The maximum absolute atomic E-state index is 10.4. The van der Waals surface area contributed by atoms with Crippen molar-refractivity contribution in [1.29, 1.82) is 0 Å². The van der Waals surface area contributed by atoms with Gasteiger partial charge in [-0.3, -0.25) is 0 Å². The van der Waals surface area contributed by atoms with Crippen LogP contribution in [0.5, 0.6) is 0 Å². The van der Waals surface area contributed by atoms with Crippen LogP contribution in [0.2, 0.25) is 0 Å². The van der Waals surface area contributed by atoms with Crippen LogP contribution >= 0.6 is 15.9 Å². The Morgan fingerprint density at radius 3 is 2.32 bits per heavy atom. The summed E-state index contributed by atoms with van der Waals surface area (Å²) in [6.07, 6.45) is 0.167. The predicted molar refractivity (Wildman–Crippen MR) is 83.5 cm³/mol. The van der Waals surface area contributed by atoms with E-state index in [-0.39, 0.29) is 0 Å². The summed E-state index contributed by atoms with van der Waals surface area (Å²) in [4.78, 5) is 0. The molecule has 0 saturated heterocycles. The lowest BCUT2D eigenvalue weighted by Gasteiger charge is -2.15. The number of halogens is 1. The van der Waals surface area contributed by atoms with Crippen LogP contribution in [0.15, 0.2) is 40.9 Å². The summed E-state index contributed by atoms with van der Waals surface area (Å²) in [5, 5.41) is 10.4. The SMILES string of the molecule is Cc1cc(C)cc(CC(O)c2cccc(C)c2Br)c1. The van der Waals surface area contributed by atoms with Crippen molar-refractivity contribution in [1.82, 2.24) is 0 Å². The Balaban J connectivity index is 2.25. The van der Waals surface area contributed by atoms with Crippen molar-refractivity contribution in [2.24, 2.45) is 0 Å². The Labute approximate surface area is 123 Å². The molecular weight excluding hydrogens is 300 g/mol. The van der Waals surface area contributed by atoms with Crippen molar-refractivity contribution in [3.63, 3.8) is 0 Å². The Kier molecular flexibility index (Phi) is 4.43. The van der Waals surface area contributed by atoms with Gasteiger partial charge in [0, 0.05) is 10.9 Å². The first-order valence-corrected chi connectivity index (χ1v) is 7.27. The zero-order chi connectivity index (χ0) is 14.0. The molecule has 0 fully saturated rings. The molecule has 2 heteroatoms. The van der Waals surface area contributed by atoms with E-state index in [2.05, 4.69) is 48.0 Å². The van der Waals surface area contributed by atoms with Gasteiger partial charge in [0.1, 0.15) is 0 Å². The van der Waals surface area contributed by atoms with E-state index in [1.807, 2.05) is 25.1 Å². The number of aryl methyl sites for hydroxylation is 3. The summed E-state index contributed by atoms with van der Waals surface area (Å²) in [6, 6.07) is 12.4. The zero-order valence-electron chi connectivity index (χ0n) is 11.6. The van der Waals surface area contributed by atoms with E-state index in [1.54, 1.807) is 0 Å². The first-order valence-electron chi connectivity index (χ1n) is 6.47. The maximum Gasteiger partial charge on any atom is 0.0841 e. The molecule has 0 spiro atoms. The summed E-state index contributed by atoms with van der Waals surface area (Å²) in [5.41, 5.74) is 5.77. The number of aliphatic hydroxyl groups is 1. The molecule has 1 nitrogen and oxygen atoms in total. The molecule has 1 unspecified atom stereocenters. The highest BCUT2D eigenvalue weighted by molar-refractivity contribution is 9.10. The molecule has 1 atom stereocenters. The van der Waals surface area contributed by atoms with Gasteiger partial charge in [0.15, 0.2) is 0 Å². The third-order valence-electron chi connectivity index (χ3n) is 3.29. The number of hydrogen-bond acceptors (Lipinski definition) is 1. The number of benzene rings is 2. The Hall–Kier alpha value is -1.12. The summed E-state index contributed by atoms with van der Waals surface area (Å²) in [5.74, 6) is 0. The van der Waals surface area contributed by atoms with E-state index >= 15 is 0 Å². The van der Waals surface area contributed by atoms with E-state index in [0.29, 0.717) is 6.42 Å². The molecule has 2 rings (SSSR count). The van der Waals surface area contributed by atoms with E-state index in [1.165, 1.54) is 16.7 Å². The number of hydrogen-bond donors (Lipinski definition) is 1. The molecule has 0 bridgehead atoms. The summed E-state index contributed by atoms with van der Waals surface area (Å²) in [6.45, 7) is 6.22. The van der Waals surface area contributed by atoms with Gasteiger partial charge in [-0.15, -0.1) is 0 Å². The van der Waals surface area contributed by atoms with E-state index < -0.39 is 6.10 Å². The van der Waals surface area contributed by atoms with E-state index in [9.17, 15) is 5.11 Å². The Morgan fingerprint density at radius 1 is 1.05 bits per heavy atom. The van der Waals surface area contributed by atoms with Gasteiger partial charge in [0.05, 0.1) is 6.10 Å². The fourth-order valence-corrected chi connectivity index (χ4v) is 2.98. The minimum atomic E-state index is -0.476. The largest absolute Gasteiger partial charge is 0.388 e. The van der Waals surface area contributed by atoms with Crippen LogP contribution in [0.4, 0.5) is 0 Å². The van der Waals surface area contributed by atoms with E-state index in [4.69, 9.17) is 0 Å². The topological polar surface area (TPSA) is 20.2 Å². The smallest absolute Gasteiger partial charge is 0.0841 e. The molecule has 0 aliphatic rings. The molecule has 0 aliphatic heterocycles. The van der Waals surface area contributed by atoms with Crippen molar-refractivity contribution in [2.45, 2.75) is 33.3 Å². The van der Waals surface area contributed by atoms with Gasteiger partial charge >= 0.3 is 0 Å². The maximum atomic E-state index is 10.4. The average molecular weight is 319 g/mol. The van der Waals surface area contributed by atoms with Gasteiger partial charge in [0.25, 0.3) is 0 Å². The first kappa shape index (κ1) is 14.3. The average Bonchev–Trinajstić information content (AvgIpc) is 2.31. The third-order valence-corrected chi connectivity index (χ3v) is 4.37. The minimum Gasteiger partial charge on any atom is -0.388 e. The second kappa shape index (κ2) is 5.89. The zero-order valence-corrected chi connectivity index (χ0v) is 13.2. The van der Waals surface area contributed by atoms with Gasteiger partial charge in [-0.2, -0.15) is 0 Å². The fourth-order valence-electron chi connectivity index (χ4n) is 2.45. The molecule has 0 aromatic heterocycles. The second-order valence-corrected chi connectivity index (χ2v) is 5.99. The van der Waals surface area contributed by atoms with Crippen LogP contribution in [0.1, 0.15) is 33.9 Å². The number of aliphatic hydroxyl groups excluding tert-OH is 1. The van der Waals surface area contributed by atoms with Crippen molar-refractivity contribution < 1.29 is 5.11 Å². The van der Waals surface area contributed by atoms with Crippen LogP contribution in [0.3, 0.4) is 0 Å². The fraction of sp³-hybridized carbons (Fsp3) is 0.294. The van der Waals surface area contributed by atoms with Crippen LogP contribution in [0, 0.1) is 20.8 Å². The summed E-state index contributed by atoms with van der Waals surface area (Å²) >= 11 is 3.56. The summed E-state index contributed by atoms with van der Waals surface area (Å²) < 4.78 is 1.01. The van der Waals surface area contributed by atoms with Crippen molar-refractivity contribution in [2.75, 3.05) is 0 Å². The molecule has 100 valence electrons. The van der Waals surface area contributed by atoms with Gasteiger partial charge in [-0.05, 0) is 37.5 Å².